The maximum atomic E-state index is 5.83. The highest BCUT2D eigenvalue weighted by Gasteiger charge is 2.23. The number of nitrogens with zero attached hydrogens (tertiary/aromatic N) is 2. The highest BCUT2D eigenvalue weighted by Crippen LogP contribution is 2.27. The molecule has 0 aromatic heterocycles. The van der Waals surface area contributed by atoms with Crippen LogP contribution in [0.15, 0.2) is 48.5 Å². The van der Waals surface area contributed by atoms with E-state index in [0.717, 1.165) is 25.4 Å². The highest BCUT2D eigenvalue weighted by atomic mass is 16.5. The number of rotatable bonds is 10. The molecule has 2 aliphatic heterocycles. The molecule has 43 heavy (non-hydrogen) atoms. The molecule has 0 N–H and O–H groups in total. The summed E-state index contributed by atoms with van der Waals surface area (Å²) in [5.74, 6) is 1.44. The first-order valence-corrected chi connectivity index (χ1v) is 17.5. The molecule has 2 aromatic rings. The average Bonchev–Trinajstić information content (AvgIpc) is 2.93. The molecule has 0 aliphatic carbocycles. The monoisotopic (exact) mass is 591 g/mol. The van der Waals surface area contributed by atoms with Crippen LogP contribution in [0.3, 0.4) is 0 Å². The minimum atomic E-state index is 0.262. The van der Waals surface area contributed by atoms with Crippen LogP contribution >= 0.6 is 0 Å². The maximum absolute atomic E-state index is 5.83. The van der Waals surface area contributed by atoms with E-state index in [1.54, 1.807) is 0 Å². The highest BCUT2D eigenvalue weighted by molar-refractivity contribution is 5.29. The smallest absolute Gasteiger partial charge is 0.0678 e. The van der Waals surface area contributed by atoms with E-state index in [2.05, 4.69) is 128 Å². The summed E-state index contributed by atoms with van der Waals surface area (Å²) < 4.78 is 5.83. The zero-order chi connectivity index (χ0) is 31.6. The fraction of sp³-hybridized carbons (Fsp3) is 0.700. The number of hydrogen-bond donors (Lipinski definition) is 0. The van der Waals surface area contributed by atoms with Crippen molar-refractivity contribution >= 4 is 0 Å². The molecule has 4 atom stereocenters. The lowest BCUT2D eigenvalue weighted by atomic mass is 9.82. The van der Waals surface area contributed by atoms with E-state index < -0.39 is 0 Å². The summed E-state index contributed by atoms with van der Waals surface area (Å²) in [7, 11) is 0. The summed E-state index contributed by atoms with van der Waals surface area (Å²) in [5, 5.41) is 0. The van der Waals surface area contributed by atoms with E-state index in [0.29, 0.717) is 18.1 Å². The van der Waals surface area contributed by atoms with Gasteiger partial charge >= 0.3 is 0 Å². The third-order valence-electron chi connectivity index (χ3n) is 9.69. The van der Waals surface area contributed by atoms with E-state index in [1.807, 2.05) is 0 Å². The lowest BCUT2D eigenvalue weighted by Gasteiger charge is -2.36. The summed E-state index contributed by atoms with van der Waals surface area (Å²) in [6.07, 6.45) is 8.49. The van der Waals surface area contributed by atoms with Crippen molar-refractivity contribution < 1.29 is 4.74 Å². The van der Waals surface area contributed by atoms with Crippen molar-refractivity contribution in [2.24, 2.45) is 11.8 Å². The Kier molecular flexibility index (Phi) is 13.8. The number of benzene rings is 2. The number of hydrogen-bond acceptors (Lipinski definition) is 3. The van der Waals surface area contributed by atoms with E-state index >= 15 is 0 Å². The molecule has 2 fully saturated rings. The Morgan fingerprint density at radius 2 is 1.12 bits per heavy atom. The number of ether oxygens (including phenoxy) is 1. The maximum Gasteiger partial charge on any atom is 0.0678 e. The van der Waals surface area contributed by atoms with Gasteiger partial charge in [0.25, 0.3) is 0 Å². The topological polar surface area (TPSA) is 15.7 Å². The molecule has 0 amide bonds. The minimum absolute atomic E-state index is 0.262. The number of likely N-dealkylation sites (tertiary alicyclic amines) is 1. The van der Waals surface area contributed by atoms with Gasteiger partial charge in [-0.25, -0.2) is 0 Å². The van der Waals surface area contributed by atoms with Crippen LogP contribution in [0.4, 0.5) is 0 Å². The summed E-state index contributed by atoms with van der Waals surface area (Å²) in [4.78, 5) is 5.22. The first-order valence-electron chi connectivity index (χ1n) is 17.5. The normalized spacial score (nSPS) is 22.0. The molecule has 2 unspecified atom stereocenters. The summed E-state index contributed by atoms with van der Waals surface area (Å²) in [6, 6.07) is 18.6. The quantitative estimate of drug-likeness (QED) is 0.274. The molecule has 3 heteroatoms. The Morgan fingerprint density at radius 1 is 0.674 bits per heavy atom. The first-order chi connectivity index (χ1) is 20.2. The van der Waals surface area contributed by atoms with Gasteiger partial charge in [0.1, 0.15) is 0 Å². The van der Waals surface area contributed by atoms with Crippen LogP contribution in [-0.2, 0) is 28.4 Å². The van der Waals surface area contributed by atoms with Crippen LogP contribution in [0.2, 0.25) is 0 Å². The molecule has 2 aliphatic rings. The Hall–Kier alpha value is -1.68. The van der Waals surface area contributed by atoms with Crippen molar-refractivity contribution in [3.8, 4) is 0 Å². The summed E-state index contributed by atoms with van der Waals surface area (Å²) in [6.45, 7) is 30.1. The molecular weight excluding hydrogens is 524 g/mol. The molecule has 0 radical (unpaired) electrons. The molecule has 4 rings (SSSR count). The predicted molar refractivity (Wildman–Crippen MR) is 187 cm³/mol. The van der Waals surface area contributed by atoms with E-state index in [4.69, 9.17) is 4.74 Å². The van der Waals surface area contributed by atoms with E-state index in [9.17, 15) is 0 Å². The van der Waals surface area contributed by atoms with Crippen LogP contribution in [0, 0.1) is 11.8 Å². The number of morpholine rings is 1. The van der Waals surface area contributed by atoms with Gasteiger partial charge in [0.15, 0.2) is 0 Å². The molecule has 0 bridgehead atoms. The largest absolute Gasteiger partial charge is 0.373 e. The zero-order valence-corrected chi connectivity index (χ0v) is 29.7. The van der Waals surface area contributed by atoms with Crippen LogP contribution in [0.1, 0.15) is 117 Å². The van der Waals surface area contributed by atoms with Crippen molar-refractivity contribution in [3.63, 3.8) is 0 Å². The van der Waals surface area contributed by atoms with Crippen molar-refractivity contribution in [1.29, 1.82) is 0 Å². The van der Waals surface area contributed by atoms with Crippen LogP contribution in [0.25, 0.3) is 0 Å². The lowest BCUT2D eigenvalue weighted by molar-refractivity contribution is -0.0708. The van der Waals surface area contributed by atoms with Gasteiger partial charge in [0.2, 0.25) is 0 Å². The molecule has 0 saturated carbocycles. The fourth-order valence-corrected chi connectivity index (χ4v) is 6.83. The van der Waals surface area contributed by atoms with Crippen molar-refractivity contribution in [3.05, 3.63) is 70.8 Å². The Morgan fingerprint density at radius 3 is 1.56 bits per heavy atom. The molecule has 0 spiro atoms. The van der Waals surface area contributed by atoms with Crippen molar-refractivity contribution in [1.82, 2.24) is 9.80 Å². The minimum Gasteiger partial charge on any atom is -0.373 e. The summed E-state index contributed by atoms with van der Waals surface area (Å²) >= 11 is 0. The second kappa shape index (κ2) is 16.6. The molecule has 2 saturated heterocycles. The second-order valence-corrected chi connectivity index (χ2v) is 15.8. The predicted octanol–water partition coefficient (Wildman–Crippen LogP) is 9.31. The summed E-state index contributed by atoms with van der Waals surface area (Å²) in [5.41, 5.74) is 6.38. The van der Waals surface area contributed by atoms with Gasteiger partial charge in [-0.3, -0.25) is 4.90 Å². The lowest BCUT2D eigenvalue weighted by Crippen LogP contribution is -2.47. The Labute approximate surface area is 266 Å². The average molecular weight is 591 g/mol. The van der Waals surface area contributed by atoms with Crippen molar-refractivity contribution in [2.45, 2.75) is 131 Å². The molecule has 242 valence electrons. The fourth-order valence-electron chi connectivity index (χ4n) is 6.83. The molecule has 2 aromatic carbocycles. The number of piperidine rings is 1. The first kappa shape index (κ1) is 35.8. The molecular formula is C40H66N2O. The van der Waals surface area contributed by atoms with Crippen LogP contribution in [0.5, 0.6) is 0 Å². The van der Waals surface area contributed by atoms with Crippen LogP contribution < -0.4 is 0 Å². The Balaban J connectivity index is 0.000000238. The SMILES string of the molecule is CC(Cc1ccc(C(C)(C)C)cc1)CN1CCCCC1.CCC(C)(C)c1ccc(CC(C)CN2C[C@@H](C)O[C@@H](C)C2)cc1. The van der Waals surface area contributed by atoms with Gasteiger partial charge in [-0.1, -0.05) is 110 Å². The van der Waals surface area contributed by atoms with Gasteiger partial charge in [-0.2, -0.15) is 0 Å². The Bertz CT molecular complexity index is 1040. The zero-order valence-electron chi connectivity index (χ0n) is 29.7. The molecule has 2 heterocycles. The van der Waals surface area contributed by atoms with Gasteiger partial charge in [-0.15, -0.1) is 0 Å². The van der Waals surface area contributed by atoms with Gasteiger partial charge in [-0.05, 0) is 104 Å². The molecule has 3 nitrogen and oxygen atoms in total. The third-order valence-corrected chi connectivity index (χ3v) is 9.69. The van der Waals surface area contributed by atoms with E-state index in [-0.39, 0.29) is 10.8 Å². The van der Waals surface area contributed by atoms with Crippen LogP contribution in [-0.4, -0.2) is 61.3 Å². The van der Waals surface area contributed by atoms with Gasteiger partial charge in [0.05, 0.1) is 12.2 Å². The standard InChI is InChI=1S/C21H35NO.C19H31N/c1-7-21(5,6)20-10-8-19(9-11-20)12-16(2)13-22-14-17(3)23-18(4)15-22;1-16(15-20-12-6-5-7-13-20)14-17-8-10-18(11-9-17)19(2,3)4/h8-11,16-18H,7,12-15H2,1-6H3;8-11,16H,5-7,12-15H2,1-4H3/t16?,17-,18+;. The third kappa shape index (κ3) is 12.3. The van der Waals surface area contributed by atoms with Gasteiger partial charge in [0, 0.05) is 26.2 Å². The van der Waals surface area contributed by atoms with E-state index in [1.165, 1.54) is 80.5 Å². The second-order valence-electron chi connectivity index (χ2n) is 15.8. The van der Waals surface area contributed by atoms with Gasteiger partial charge < -0.3 is 9.64 Å². The van der Waals surface area contributed by atoms with Crippen molar-refractivity contribution in [2.75, 3.05) is 39.3 Å².